The summed E-state index contributed by atoms with van der Waals surface area (Å²) in [7, 11) is 4.12. The number of rotatable bonds is 9. The molecule has 1 amide bonds. The molecule has 8 heteroatoms. The van der Waals surface area contributed by atoms with Crippen molar-refractivity contribution in [2.75, 3.05) is 21.3 Å². The van der Waals surface area contributed by atoms with Gasteiger partial charge in [0.2, 0.25) is 5.72 Å². The highest BCUT2D eigenvalue weighted by molar-refractivity contribution is 5.88. The van der Waals surface area contributed by atoms with E-state index in [9.17, 15) is 9.59 Å². The van der Waals surface area contributed by atoms with E-state index >= 15 is 0 Å². The molecule has 1 heterocycles. The van der Waals surface area contributed by atoms with Gasteiger partial charge in [-0.25, -0.2) is 9.59 Å². The van der Waals surface area contributed by atoms with Gasteiger partial charge in [0, 0.05) is 33.1 Å². The van der Waals surface area contributed by atoms with Crippen molar-refractivity contribution < 1.29 is 33.3 Å². The third kappa shape index (κ3) is 4.67. The maximum atomic E-state index is 13.7. The molecule has 0 aliphatic carbocycles. The molecule has 8 nitrogen and oxygen atoms in total. The maximum Gasteiger partial charge on any atom is 0.413 e. The van der Waals surface area contributed by atoms with E-state index in [-0.39, 0.29) is 30.8 Å². The summed E-state index contributed by atoms with van der Waals surface area (Å²) >= 11 is 0. The predicted molar refractivity (Wildman–Crippen MR) is 123 cm³/mol. The largest absolute Gasteiger partial charge is 0.466 e. The fourth-order valence-electron chi connectivity index (χ4n) is 4.06. The zero-order chi connectivity index (χ0) is 24.9. The van der Waals surface area contributed by atoms with E-state index in [1.807, 2.05) is 30.3 Å². The van der Waals surface area contributed by atoms with Gasteiger partial charge in [-0.05, 0) is 18.9 Å². The molecule has 2 rings (SSSR count). The standard InChI is InChI=1S/C25H33NO7/c1-9-15-25(16-18(2)21(27)29-6)19(3)33-24(5,31-8)23(4,30-7)26(25)22(28)32-17-20-13-11-10-12-14-20/h9-14H,1-3,15-17H2,4-8H3/t23-,24+,25-/m1/s1. The average Bonchev–Trinajstić information content (AvgIpc) is 2.81. The van der Waals surface area contributed by atoms with Gasteiger partial charge in [-0.2, -0.15) is 0 Å². The maximum absolute atomic E-state index is 13.7. The molecule has 0 unspecified atom stereocenters. The van der Waals surface area contributed by atoms with E-state index in [0.717, 1.165) is 5.56 Å². The van der Waals surface area contributed by atoms with Crippen LogP contribution in [0.25, 0.3) is 0 Å². The van der Waals surface area contributed by atoms with Crippen LogP contribution in [0.5, 0.6) is 0 Å². The summed E-state index contributed by atoms with van der Waals surface area (Å²) < 4.78 is 28.1. The van der Waals surface area contributed by atoms with Gasteiger partial charge in [0.05, 0.1) is 7.11 Å². The van der Waals surface area contributed by atoms with E-state index in [2.05, 4.69) is 19.7 Å². The summed E-state index contributed by atoms with van der Waals surface area (Å²) in [5, 5.41) is 0. The first-order valence-corrected chi connectivity index (χ1v) is 10.4. The summed E-state index contributed by atoms with van der Waals surface area (Å²) in [5.74, 6) is -1.90. The van der Waals surface area contributed by atoms with Gasteiger partial charge in [0.1, 0.15) is 17.9 Å². The molecular weight excluding hydrogens is 426 g/mol. The van der Waals surface area contributed by atoms with Crippen molar-refractivity contribution in [3.05, 3.63) is 73.0 Å². The molecule has 180 valence electrons. The molecule has 0 saturated carbocycles. The second-order valence-electron chi connectivity index (χ2n) is 8.03. The Hall–Kier alpha value is -3.10. The quantitative estimate of drug-likeness (QED) is 0.309. The van der Waals surface area contributed by atoms with Crippen LogP contribution >= 0.6 is 0 Å². The summed E-state index contributed by atoms with van der Waals surface area (Å²) in [6.45, 7) is 15.0. The van der Waals surface area contributed by atoms with Crippen LogP contribution in [0, 0.1) is 0 Å². The number of hydrogen-bond donors (Lipinski definition) is 0. The second-order valence-corrected chi connectivity index (χ2v) is 8.03. The smallest absolute Gasteiger partial charge is 0.413 e. The Bertz CT molecular complexity index is 915. The molecular formula is C25H33NO7. The molecule has 0 bridgehead atoms. The fourth-order valence-corrected chi connectivity index (χ4v) is 4.06. The molecule has 1 aliphatic heterocycles. The Morgan fingerprint density at radius 2 is 1.76 bits per heavy atom. The molecule has 0 N–H and O–H groups in total. The highest BCUT2D eigenvalue weighted by Crippen LogP contribution is 2.51. The van der Waals surface area contributed by atoms with Crippen LogP contribution in [-0.4, -0.2) is 55.3 Å². The number of benzene rings is 1. The van der Waals surface area contributed by atoms with Crippen molar-refractivity contribution in [1.82, 2.24) is 4.90 Å². The minimum atomic E-state index is -1.49. The summed E-state index contributed by atoms with van der Waals surface area (Å²) in [4.78, 5) is 27.3. The number of morpholine rings is 1. The number of hydrogen-bond acceptors (Lipinski definition) is 7. The van der Waals surface area contributed by atoms with E-state index in [1.54, 1.807) is 19.9 Å². The van der Waals surface area contributed by atoms with Crippen LogP contribution in [0.1, 0.15) is 32.3 Å². The topological polar surface area (TPSA) is 83.5 Å². The molecule has 1 aromatic carbocycles. The molecule has 1 saturated heterocycles. The summed E-state index contributed by atoms with van der Waals surface area (Å²) in [6.07, 6.45) is 1.00. The number of amides is 1. The van der Waals surface area contributed by atoms with Gasteiger partial charge in [-0.15, -0.1) is 6.58 Å². The normalized spacial score (nSPS) is 26.8. The lowest BCUT2D eigenvalue weighted by atomic mass is 9.79. The Morgan fingerprint density at radius 3 is 2.27 bits per heavy atom. The first-order chi connectivity index (χ1) is 15.5. The van der Waals surface area contributed by atoms with Gasteiger partial charge in [-0.3, -0.25) is 4.90 Å². The molecule has 0 radical (unpaired) electrons. The van der Waals surface area contributed by atoms with E-state index in [0.29, 0.717) is 0 Å². The number of carbonyl (C=O) groups excluding carboxylic acids is 2. The third-order valence-electron chi connectivity index (χ3n) is 6.17. The number of ether oxygens (including phenoxy) is 5. The van der Waals surface area contributed by atoms with Crippen molar-refractivity contribution in [2.24, 2.45) is 0 Å². The Balaban J connectivity index is 2.62. The Morgan fingerprint density at radius 1 is 1.12 bits per heavy atom. The van der Waals surface area contributed by atoms with Crippen LogP contribution in [-0.2, 0) is 35.1 Å². The minimum absolute atomic E-state index is 0.0229. The lowest BCUT2D eigenvalue weighted by Gasteiger charge is -2.61. The van der Waals surface area contributed by atoms with Crippen LogP contribution < -0.4 is 0 Å². The van der Waals surface area contributed by atoms with Crippen molar-refractivity contribution in [2.45, 2.75) is 50.3 Å². The molecule has 1 aliphatic rings. The SMILES string of the molecule is C=CC[C@@]1(CC(=C)C(=O)OC)C(=C)O[C@](C)(OC)[C@@](C)(OC)N1C(=O)OCc1ccccc1. The summed E-state index contributed by atoms with van der Waals surface area (Å²) in [6, 6.07) is 9.26. The van der Waals surface area contributed by atoms with Gasteiger partial charge >= 0.3 is 12.1 Å². The van der Waals surface area contributed by atoms with Crippen LogP contribution in [0.2, 0.25) is 0 Å². The molecule has 1 aromatic rings. The van der Waals surface area contributed by atoms with Gasteiger partial charge in [-0.1, -0.05) is 49.6 Å². The Kier molecular flexibility index (Phi) is 8.11. The fraction of sp³-hybridized carbons (Fsp3) is 0.440. The van der Waals surface area contributed by atoms with Crippen molar-refractivity contribution in [3.8, 4) is 0 Å². The first kappa shape index (κ1) is 26.2. The minimum Gasteiger partial charge on any atom is -0.466 e. The van der Waals surface area contributed by atoms with Crippen LogP contribution in [0.3, 0.4) is 0 Å². The molecule has 0 aromatic heterocycles. The van der Waals surface area contributed by atoms with E-state index in [4.69, 9.17) is 23.7 Å². The van der Waals surface area contributed by atoms with Crippen LogP contribution in [0.15, 0.2) is 67.5 Å². The first-order valence-electron chi connectivity index (χ1n) is 10.4. The number of esters is 1. The molecule has 3 atom stereocenters. The van der Waals surface area contributed by atoms with E-state index < -0.39 is 29.1 Å². The lowest BCUT2D eigenvalue weighted by Crippen LogP contribution is -2.76. The third-order valence-corrected chi connectivity index (χ3v) is 6.17. The van der Waals surface area contributed by atoms with Crippen molar-refractivity contribution in [1.29, 1.82) is 0 Å². The lowest BCUT2D eigenvalue weighted by molar-refractivity contribution is -0.366. The van der Waals surface area contributed by atoms with Gasteiger partial charge in [0.25, 0.3) is 5.79 Å². The molecule has 0 spiro atoms. The van der Waals surface area contributed by atoms with Crippen molar-refractivity contribution in [3.63, 3.8) is 0 Å². The highest BCUT2D eigenvalue weighted by atomic mass is 16.7. The van der Waals surface area contributed by atoms with E-state index in [1.165, 1.54) is 26.2 Å². The number of methoxy groups -OCH3 is 3. The average molecular weight is 460 g/mol. The number of nitrogens with zero attached hydrogens (tertiary/aromatic N) is 1. The number of carbonyl (C=O) groups is 2. The monoisotopic (exact) mass is 459 g/mol. The molecule has 33 heavy (non-hydrogen) atoms. The van der Waals surface area contributed by atoms with Crippen LogP contribution in [0.4, 0.5) is 4.79 Å². The highest BCUT2D eigenvalue weighted by Gasteiger charge is 2.66. The predicted octanol–water partition coefficient (Wildman–Crippen LogP) is 4.33. The molecule has 1 fully saturated rings. The van der Waals surface area contributed by atoms with Gasteiger partial charge < -0.3 is 23.7 Å². The van der Waals surface area contributed by atoms with Crippen molar-refractivity contribution >= 4 is 12.1 Å². The summed E-state index contributed by atoms with van der Waals surface area (Å²) in [5.41, 5.74) is -1.89. The Labute approximate surface area is 195 Å². The van der Waals surface area contributed by atoms with Gasteiger partial charge in [0.15, 0.2) is 0 Å². The second kappa shape index (κ2) is 10.2. The zero-order valence-electron chi connectivity index (χ0n) is 20.0. The zero-order valence-corrected chi connectivity index (χ0v) is 20.0.